The lowest BCUT2D eigenvalue weighted by atomic mass is 9.97. The van der Waals surface area contributed by atoms with Gasteiger partial charge in [0.25, 0.3) is 0 Å². The third-order valence-corrected chi connectivity index (χ3v) is 4.38. The summed E-state index contributed by atoms with van der Waals surface area (Å²) < 4.78 is 5.16. The van der Waals surface area contributed by atoms with Crippen molar-refractivity contribution in [2.75, 3.05) is 18.2 Å². The van der Waals surface area contributed by atoms with Crippen molar-refractivity contribution in [3.8, 4) is 0 Å². The fourth-order valence-electron chi connectivity index (χ4n) is 2.05. The summed E-state index contributed by atoms with van der Waals surface area (Å²) in [4.78, 5) is 4.84. The molecule has 3 nitrogen and oxygen atoms in total. The maximum Gasteiger partial charge on any atom is 0.161 e. The van der Waals surface area contributed by atoms with E-state index in [2.05, 4.69) is 37.4 Å². The van der Waals surface area contributed by atoms with E-state index < -0.39 is 0 Å². The Morgan fingerprint density at radius 1 is 1.47 bits per heavy atom. The van der Waals surface area contributed by atoms with Gasteiger partial charge in [0, 0.05) is 18.6 Å². The van der Waals surface area contributed by atoms with E-state index in [9.17, 15) is 0 Å². The molecule has 0 bridgehead atoms. The normalized spacial score (nSPS) is 23.0. The van der Waals surface area contributed by atoms with Crippen LogP contribution in [0, 0.1) is 0 Å². The first-order valence-electron chi connectivity index (χ1n) is 6.73. The van der Waals surface area contributed by atoms with Crippen molar-refractivity contribution in [1.82, 2.24) is 0 Å². The molecule has 1 aliphatic rings. The van der Waals surface area contributed by atoms with E-state index in [0.29, 0.717) is 6.61 Å². The number of thioether (sulfide) groups is 1. The van der Waals surface area contributed by atoms with Crippen molar-refractivity contribution in [3.63, 3.8) is 0 Å². The molecule has 0 spiro atoms. The van der Waals surface area contributed by atoms with Gasteiger partial charge in [-0.2, -0.15) is 0 Å². The molecule has 1 aromatic rings. The van der Waals surface area contributed by atoms with Crippen LogP contribution >= 0.6 is 11.8 Å². The van der Waals surface area contributed by atoms with Crippen LogP contribution < -0.4 is 5.32 Å². The Morgan fingerprint density at radius 2 is 2.32 bits per heavy atom. The molecule has 1 aliphatic heterocycles. The molecule has 2 rings (SSSR count). The molecule has 4 heteroatoms. The first-order valence-corrected chi connectivity index (χ1v) is 7.71. The molecular weight excluding hydrogens is 256 g/mol. The fraction of sp³-hybridized carbons (Fsp3) is 0.533. The van der Waals surface area contributed by atoms with Gasteiger partial charge < -0.3 is 10.1 Å². The minimum Gasteiger partial charge on any atom is -0.380 e. The first-order chi connectivity index (χ1) is 9.15. The highest BCUT2D eigenvalue weighted by Crippen LogP contribution is 2.29. The third kappa shape index (κ3) is 3.98. The molecule has 1 unspecified atom stereocenters. The number of nitrogens with zero attached hydrogens (tertiary/aromatic N) is 1. The highest BCUT2D eigenvalue weighted by atomic mass is 32.2. The third-order valence-electron chi connectivity index (χ3n) is 3.50. The Kier molecular flexibility index (Phi) is 4.88. The number of anilines is 1. The molecule has 0 saturated heterocycles. The van der Waals surface area contributed by atoms with Crippen molar-refractivity contribution < 1.29 is 4.74 Å². The average Bonchev–Trinajstić information content (AvgIpc) is 2.40. The van der Waals surface area contributed by atoms with Crippen molar-refractivity contribution in [2.45, 2.75) is 38.8 Å². The summed E-state index contributed by atoms with van der Waals surface area (Å²) in [5.41, 5.74) is 2.35. The molecule has 1 atom stereocenters. The summed E-state index contributed by atoms with van der Waals surface area (Å²) in [5.74, 6) is 1.13. The average molecular weight is 278 g/mol. The lowest BCUT2D eigenvalue weighted by Gasteiger charge is -2.29. The van der Waals surface area contributed by atoms with Crippen molar-refractivity contribution >= 4 is 22.6 Å². The monoisotopic (exact) mass is 278 g/mol. The SMILES string of the molecule is CCC1(C)CCSC(Nc2cccc(COC)c2)=N1. The van der Waals surface area contributed by atoms with E-state index in [1.165, 1.54) is 5.56 Å². The highest BCUT2D eigenvalue weighted by Gasteiger charge is 2.25. The van der Waals surface area contributed by atoms with Gasteiger partial charge in [-0.3, -0.25) is 4.99 Å². The molecule has 19 heavy (non-hydrogen) atoms. The van der Waals surface area contributed by atoms with Crippen LogP contribution in [0.3, 0.4) is 0 Å². The van der Waals surface area contributed by atoms with E-state index in [4.69, 9.17) is 9.73 Å². The summed E-state index contributed by atoms with van der Waals surface area (Å²) in [6, 6.07) is 8.30. The first kappa shape index (κ1) is 14.4. The smallest absolute Gasteiger partial charge is 0.161 e. The van der Waals surface area contributed by atoms with Gasteiger partial charge in [-0.05, 0) is 37.5 Å². The number of amidine groups is 1. The summed E-state index contributed by atoms with van der Waals surface area (Å²) >= 11 is 1.80. The Hall–Kier alpha value is -1.00. The molecule has 0 saturated carbocycles. The number of methoxy groups -OCH3 is 1. The van der Waals surface area contributed by atoms with Gasteiger partial charge in [-0.25, -0.2) is 0 Å². The van der Waals surface area contributed by atoms with Gasteiger partial charge in [-0.15, -0.1) is 0 Å². The summed E-state index contributed by atoms with van der Waals surface area (Å²) in [6.07, 6.45) is 2.24. The van der Waals surface area contributed by atoms with Crippen LogP contribution in [0.25, 0.3) is 0 Å². The van der Waals surface area contributed by atoms with Crippen molar-refractivity contribution in [1.29, 1.82) is 0 Å². The molecular formula is C15H22N2OS. The van der Waals surface area contributed by atoms with E-state index in [0.717, 1.165) is 29.4 Å². The zero-order chi connectivity index (χ0) is 13.7. The molecule has 0 aromatic heterocycles. The van der Waals surface area contributed by atoms with Gasteiger partial charge >= 0.3 is 0 Å². The van der Waals surface area contributed by atoms with E-state index in [-0.39, 0.29) is 5.54 Å². The number of nitrogens with one attached hydrogen (secondary N) is 1. The van der Waals surface area contributed by atoms with Crippen molar-refractivity contribution in [2.24, 2.45) is 4.99 Å². The summed E-state index contributed by atoms with van der Waals surface area (Å²) in [7, 11) is 1.72. The molecule has 0 amide bonds. The second-order valence-corrected chi connectivity index (χ2v) is 6.21. The minimum atomic E-state index is 0.0950. The molecule has 1 heterocycles. The lowest BCUT2D eigenvalue weighted by Crippen LogP contribution is -2.29. The van der Waals surface area contributed by atoms with Gasteiger partial charge in [0.15, 0.2) is 5.17 Å². The molecule has 1 N–H and O–H groups in total. The topological polar surface area (TPSA) is 33.6 Å². The van der Waals surface area contributed by atoms with E-state index >= 15 is 0 Å². The van der Waals surface area contributed by atoms with Gasteiger partial charge in [0.05, 0.1) is 12.1 Å². The largest absolute Gasteiger partial charge is 0.380 e. The van der Waals surface area contributed by atoms with Crippen LogP contribution in [0.1, 0.15) is 32.3 Å². The summed E-state index contributed by atoms with van der Waals surface area (Å²) in [5, 5.41) is 4.46. The molecule has 0 aliphatic carbocycles. The molecule has 104 valence electrons. The predicted octanol–water partition coefficient (Wildman–Crippen LogP) is 3.91. The number of benzene rings is 1. The van der Waals surface area contributed by atoms with Crippen LogP contribution in [-0.4, -0.2) is 23.6 Å². The maximum absolute atomic E-state index is 5.16. The number of hydrogen-bond donors (Lipinski definition) is 1. The minimum absolute atomic E-state index is 0.0950. The van der Waals surface area contributed by atoms with Gasteiger partial charge in [0.2, 0.25) is 0 Å². The lowest BCUT2D eigenvalue weighted by molar-refractivity contribution is 0.185. The van der Waals surface area contributed by atoms with E-state index in [1.807, 2.05) is 6.07 Å². The quantitative estimate of drug-likeness (QED) is 0.906. The summed E-state index contributed by atoms with van der Waals surface area (Å²) in [6.45, 7) is 5.08. The zero-order valence-corrected chi connectivity index (χ0v) is 12.7. The Labute approximate surface area is 119 Å². The molecule has 0 radical (unpaired) electrons. The Morgan fingerprint density at radius 3 is 3.05 bits per heavy atom. The van der Waals surface area contributed by atoms with E-state index in [1.54, 1.807) is 18.9 Å². The fourth-order valence-corrected chi connectivity index (χ4v) is 3.26. The van der Waals surface area contributed by atoms with Crippen LogP contribution in [0.15, 0.2) is 29.3 Å². The van der Waals surface area contributed by atoms with Crippen LogP contribution in [0.2, 0.25) is 0 Å². The van der Waals surface area contributed by atoms with Crippen LogP contribution in [0.5, 0.6) is 0 Å². The second kappa shape index (κ2) is 6.44. The Balaban J connectivity index is 2.10. The number of aliphatic imine (C=N–C) groups is 1. The number of rotatable bonds is 4. The maximum atomic E-state index is 5.16. The van der Waals surface area contributed by atoms with Crippen LogP contribution in [0.4, 0.5) is 5.69 Å². The van der Waals surface area contributed by atoms with Crippen LogP contribution in [-0.2, 0) is 11.3 Å². The van der Waals surface area contributed by atoms with Gasteiger partial charge in [-0.1, -0.05) is 30.8 Å². The molecule has 1 aromatic carbocycles. The zero-order valence-electron chi connectivity index (χ0n) is 11.9. The standard InChI is InChI=1S/C15H22N2OS/c1-4-15(2)8-9-19-14(17-15)16-13-7-5-6-12(10-13)11-18-3/h5-7,10H,4,8-9,11H2,1-3H3,(H,16,17). The van der Waals surface area contributed by atoms with Crippen molar-refractivity contribution in [3.05, 3.63) is 29.8 Å². The predicted molar refractivity (Wildman–Crippen MR) is 84.0 cm³/mol. The Bertz CT molecular complexity index is 461. The number of ether oxygens (including phenoxy) is 1. The highest BCUT2D eigenvalue weighted by molar-refractivity contribution is 8.14. The number of hydrogen-bond acceptors (Lipinski definition) is 4. The second-order valence-electron chi connectivity index (χ2n) is 5.12. The molecule has 0 fully saturated rings. The van der Waals surface area contributed by atoms with Gasteiger partial charge in [0.1, 0.15) is 0 Å².